The lowest BCUT2D eigenvalue weighted by atomic mass is 9.99. The van der Waals surface area contributed by atoms with E-state index < -0.39 is 11.5 Å². The lowest BCUT2D eigenvalue weighted by molar-refractivity contribution is -0.137. The molecule has 112 valence electrons. The Morgan fingerprint density at radius 3 is 2.55 bits per heavy atom. The summed E-state index contributed by atoms with van der Waals surface area (Å²) in [5.74, 6) is 0.594. The molecule has 1 heterocycles. The molecule has 0 radical (unpaired) electrons. The molecule has 0 bridgehead atoms. The number of nitrogens with one attached hydrogen (secondary N) is 2. The van der Waals surface area contributed by atoms with Crippen LogP contribution in [0, 0.1) is 6.92 Å². The van der Waals surface area contributed by atoms with Crippen molar-refractivity contribution in [3.63, 3.8) is 0 Å². The number of aryl methyl sites for hydroxylation is 1. The first-order chi connectivity index (χ1) is 9.19. The molecular weight excluding hydrogens is 260 g/mol. The van der Waals surface area contributed by atoms with Gasteiger partial charge in [0.25, 0.3) is 0 Å². The molecule has 0 aliphatic rings. The molecule has 1 aromatic heterocycles. The maximum atomic E-state index is 11.9. The molecule has 0 saturated heterocycles. The van der Waals surface area contributed by atoms with E-state index in [0.717, 1.165) is 5.76 Å². The van der Waals surface area contributed by atoms with Gasteiger partial charge in [-0.3, -0.25) is 4.79 Å². The van der Waals surface area contributed by atoms with Gasteiger partial charge < -0.3 is 20.2 Å². The van der Waals surface area contributed by atoms with Crippen LogP contribution in [0.1, 0.15) is 51.2 Å². The van der Waals surface area contributed by atoms with E-state index in [4.69, 9.17) is 9.52 Å². The highest BCUT2D eigenvalue weighted by Crippen LogP contribution is 2.16. The van der Waals surface area contributed by atoms with Crippen molar-refractivity contribution in [2.45, 2.75) is 52.1 Å². The van der Waals surface area contributed by atoms with Crippen molar-refractivity contribution in [2.24, 2.45) is 0 Å². The Bertz CT molecular complexity index is 479. The van der Waals surface area contributed by atoms with Crippen molar-refractivity contribution in [3.8, 4) is 0 Å². The van der Waals surface area contributed by atoms with Crippen LogP contribution in [0.2, 0.25) is 0 Å². The molecule has 1 atom stereocenters. The van der Waals surface area contributed by atoms with Gasteiger partial charge in [-0.05, 0) is 46.2 Å². The highest BCUT2D eigenvalue weighted by molar-refractivity contribution is 5.75. The quantitative estimate of drug-likeness (QED) is 0.747. The van der Waals surface area contributed by atoms with Crippen molar-refractivity contribution in [2.75, 3.05) is 0 Å². The summed E-state index contributed by atoms with van der Waals surface area (Å²) in [7, 11) is 0. The summed E-state index contributed by atoms with van der Waals surface area (Å²) in [4.78, 5) is 22.4. The monoisotopic (exact) mass is 282 g/mol. The number of urea groups is 1. The van der Waals surface area contributed by atoms with Crippen LogP contribution in [0.5, 0.6) is 0 Å². The minimum absolute atomic E-state index is 0.0141. The van der Waals surface area contributed by atoms with Crippen LogP contribution in [0.4, 0.5) is 4.79 Å². The highest BCUT2D eigenvalue weighted by atomic mass is 16.4. The minimum Gasteiger partial charge on any atom is -0.481 e. The predicted octanol–water partition coefficient (Wildman–Crippen LogP) is 2.59. The molecule has 0 saturated carbocycles. The predicted molar refractivity (Wildman–Crippen MR) is 74.5 cm³/mol. The Labute approximate surface area is 118 Å². The lowest BCUT2D eigenvalue weighted by Gasteiger charge is -2.26. The van der Waals surface area contributed by atoms with Gasteiger partial charge in [-0.2, -0.15) is 0 Å². The second kappa shape index (κ2) is 6.45. The van der Waals surface area contributed by atoms with Crippen LogP contribution in [-0.4, -0.2) is 22.6 Å². The van der Waals surface area contributed by atoms with Gasteiger partial charge in [0.1, 0.15) is 11.5 Å². The van der Waals surface area contributed by atoms with Crippen LogP contribution >= 0.6 is 0 Å². The molecule has 2 amide bonds. The van der Waals surface area contributed by atoms with E-state index in [1.165, 1.54) is 0 Å². The number of rotatable bonds is 6. The fourth-order valence-electron chi connectivity index (χ4n) is 1.78. The van der Waals surface area contributed by atoms with Crippen LogP contribution in [0.25, 0.3) is 0 Å². The Kier molecular flexibility index (Phi) is 5.19. The molecule has 20 heavy (non-hydrogen) atoms. The normalized spacial score (nSPS) is 12.8. The standard InChI is InChI=1S/C14H22N2O4/c1-9-5-6-11(20-9)10(2)15-13(19)16-14(3,4)8-7-12(17)18/h5-6,10H,7-8H2,1-4H3,(H,17,18)(H2,15,16,19). The molecule has 3 N–H and O–H groups in total. The molecule has 1 unspecified atom stereocenters. The van der Waals surface area contributed by atoms with E-state index in [0.29, 0.717) is 12.2 Å². The van der Waals surface area contributed by atoms with Crippen molar-refractivity contribution >= 4 is 12.0 Å². The maximum absolute atomic E-state index is 11.9. The molecule has 0 aliphatic heterocycles. The zero-order valence-electron chi connectivity index (χ0n) is 12.3. The first kappa shape index (κ1) is 16.1. The minimum atomic E-state index is -0.875. The number of hydrogen-bond donors (Lipinski definition) is 3. The van der Waals surface area contributed by atoms with Gasteiger partial charge in [0.05, 0.1) is 6.04 Å². The van der Waals surface area contributed by atoms with Crippen LogP contribution in [0.15, 0.2) is 16.5 Å². The summed E-state index contributed by atoms with van der Waals surface area (Å²) in [5, 5.41) is 14.2. The average Bonchev–Trinajstić information content (AvgIpc) is 2.72. The summed E-state index contributed by atoms with van der Waals surface area (Å²) in [5.41, 5.74) is -0.582. The lowest BCUT2D eigenvalue weighted by Crippen LogP contribution is -2.49. The molecule has 6 nitrogen and oxygen atoms in total. The van der Waals surface area contributed by atoms with E-state index >= 15 is 0 Å². The summed E-state index contributed by atoms with van der Waals surface area (Å²) in [6.07, 6.45) is 0.379. The molecule has 0 aromatic carbocycles. The third kappa shape index (κ3) is 5.34. The highest BCUT2D eigenvalue weighted by Gasteiger charge is 2.22. The topological polar surface area (TPSA) is 91.6 Å². The SMILES string of the molecule is Cc1ccc(C(C)NC(=O)NC(C)(C)CCC(=O)O)o1. The smallest absolute Gasteiger partial charge is 0.315 e. The summed E-state index contributed by atoms with van der Waals surface area (Å²) < 4.78 is 5.44. The van der Waals surface area contributed by atoms with E-state index in [1.807, 2.05) is 26.0 Å². The molecule has 0 aliphatic carbocycles. The van der Waals surface area contributed by atoms with Crippen molar-refractivity contribution in [1.82, 2.24) is 10.6 Å². The van der Waals surface area contributed by atoms with Gasteiger partial charge in [-0.15, -0.1) is 0 Å². The number of carboxylic acid groups (broad SMARTS) is 1. The number of amides is 2. The molecule has 6 heteroatoms. The third-order valence-corrected chi connectivity index (χ3v) is 2.95. The Hall–Kier alpha value is -1.98. The molecule has 0 spiro atoms. The van der Waals surface area contributed by atoms with E-state index in [1.54, 1.807) is 13.8 Å². The van der Waals surface area contributed by atoms with Gasteiger partial charge in [-0.25, -0.2) is 4.79 Å². The zero-order chi connectivity index (χ0) is 15.3. The average molecular weight is 282 g/mol. The van der Waals surface area contributed by atoms with E-state index in [-0.39, 0.29) is 18.5 Å². The first-order valence-electron chi connectivity index (χ1n) is 6.56. The van der Waals surface area contributed by atoms with E-state index in [2.05, 4.69) is 10.6 Å². The van der Waals surface area contributed by atoms with Gasteiger partial charge in [-0.1, -0.05) is 0 Å². The zero-order valence-corrected chi connectivity index (χ0v) is 12.3. The number of aliphatic carboxylic acids is 1. The van der Waals surface area contributed by atoms with Crippen LogP contribution in [-0.2, 0) is 4.79 Å². The number of carbonyl (C=O) groups is 2. The van der Waals surface area contributed by atoms with Crippen molar-refractivity contribution < 1.29 is 19.1 Å². The number of carboxylic acids is 1. The summed E-state index contributed by atoms with van der Waals surface area (Å²) >= 11 is 0. The molecular formula is C14H22N2O4. The largest absolute Gasteiger partial charge is 0.481 e. The Balaban J connectivity index is 2.48. The van der Waals surface area contributed by atoms with Gasteiger partial charge in [0, 0.05) is 12.0 Å². The van der Waals surface area contributed by atoms with Gasteiger partial charge in [0.2, 0.25) is 0 Å². The van der Waals surface area contributed by atoms with Gasteiger partial charge in [0.15, 0.2) is 0 Å². The van der Waals surface area contributed by atoms with Crippen molar-refractivity contribution in [1.29, 1.82) is 0 Å². The van der Waals surface area contributed by atoms with Crippen LogP contribution < -0.4 is 10.6 Å². The fraction of sp³-hybridized carbons (Fsp3) is 0.571. The first-order valence-corrected chi connectivity index (χ1v) is 6.56. The summed E-state index contributed by atoms with van der Waals surface area (Å²) in [6, 6.07) is 3.05. The molecule has 1 aromatic rings. The molecule has 1 rings (SSSR count). The van der Waals surface area contributed by atoms with Crippen molar-refractivity contribution in [3.05, 3.63) is 23.7 Å². The number of hydrogen-bond acceptors (Lipinski definition) is 3. The second-order valence-electron chi connectivity index (χ2n) is 5.55. The Morgan fingerprint density at radius 1 is 1.40 bits per heavy atom. The van der Waals surface area contributed by atoms with Crippen LogP contribution in [0.3, 0.4) is 0 Å². The molecule has 0 fully saturated rings. The summed E-state index contributed by atoms with van der Waals surface area (Å²) in [6.45, 7) is 7.24. The maximum Gasteiger partial charge on any atom is 0.315 e. The third-order valence-electron chi connectivity index (χ3n) is 2.95. The van der Waals surface area contributed by atoms with E-state index in [9.17, 15) is 9.59 Å². The number of furan rings is 1. The number of carbonyl (C=O) groups excluding carboxylic acids is 1. The van der Waals surface area contributed by atoms with Gasteiger partial charge >= 0.3 is 12.0 Å². The Morgan fingerprint density at radius 2 is 2.05 bits per heavy atom. The fourth-order valence-corrected chi connectivity index (χ4v) is 1.78. The second-order valence-corrected chi connectivity index (χ2v) is 5.55.